The molecule has 0 aliphatic carbocycles. The van der Waals surface area contributed by atoms with Crippen LogP contribution in [0.5, 0.6) is 0 Å². The van der Waals surface area contributed by atoms with Gasteiger partial charge in [-0.3, -0.25) is 18.9 Å². The zero-order valence-corrected chi connectivity index (χ0v) is 21.1. The number of amides is 2. The highest BCUT2D eigenvalue weighted by Gasteiger charge is 2.41. The molecular formula is C25H32N6O5. The predicted molar refractivity (Wildman–Crippen MR) is 131 cm³/mol. The Hall–Kier alpha value is -3.47. The summed E-state index contributed by atoms with van der Waals surface area (Å²) in [7, 11) is 0. The summed E-state index contributed by atoms with van der Waals surface area (Å²) >= 11 is 0. The summed E-state index contributed by atoms with van der Waals surface area (Å²) in [5, 5.41) is 0. The average molecular weight is 497 g/mol. The third-order valence-electron chi connectivity index (χ3n) is 6.93. The van der Waals surface area contributed by atoms with Crippen LogP contribution in [-0.4, -0.2) is 91.4 Å². The van der Waals surface area contributed by atoms with E-state index in [4.69, 9.17) is 9.47 Å². The Labute approximate surface area is 208 Å². The molecule has 2 aliphatic heterocycles. The first kappa shape index (κ1) is 24.2. The zero-order valence-electron chi connectivity index (χ0n) is 21.1. The van der Waals surface area contributed by atoms with Crippen LogP contribution >= 0.6 is 0 Å². The van der Waals surface area contributed by atoms with Crippen molar-refractivity contribution in [2.24, 2.45) is 11.8 Å². The Kier molecular flexibility index (Phi) is 6.19. The number of imidazole rings is 1. The lowest BCUT2D eigenvalue weighted by atomic mass is 9.83. The van der Waals surface area contributed by atoms with Gasteiger partial charge in [0.2, 0.25) is 11.7 Å². The summed E-state index contributed by atoms with van der Waals surface area (Å²) in [5.41, 5.74) is 1.50. The molecule has 3 aromatic heterocycles. The van der Waals surface area contributed by atoms with Crippen molar-refractivity contribution in [1.82, 2.24) is 29.2 Å². The molecule has 0 unspecified atom stereocenters. The van der Waals surface area contributed by atoms with E-state index >= 15 is 0 Å². The van der Waals surface area contributed by atoms with Crippen LogP contribution in [0.25, 0.3) is 16.7 Å². The molecule has 192 valence electrons. The molecule has 0 radical (unpaired) electrons. The summed E-state index contributed by atoms with van der Waals surface area (Å²) < 4.78 is 12.9. The van der Waals surface area contributed by atoms with E-state index in [0.29, 0.717) is 31.0 Å². The van der Waals surface area contributed by atoms with E-state index in [1.54, 1.807) is 44.3 Å². The molecule has 2 fully saturated rings. The number of Topliss-reactive ketones (excluding diaryl/α,β-unsaturated/α-hetero) is 1. The molecule has 0 aromatic carbocycles. The molecule has 3 aromatic rings. The number of nitrogens with one attached hydrogen (secondary N) is 1. The lowest BCUT2D eigenvalue weighted by Crippen LogP contribution is -2.59. The standard InChI is InChI=1S/C25H32N6O5/c1-15-6-8-29(23(33)19-14-35-10-9-30(19)24(34)36-25(2,3)4)13-17(15)20(32)22-28-12-16-11-27-21-18(31(16)22)5-7-26-21/h5,7,11-12,15,17,19,26H,6,8-10,13-14H2,1-4H3/t15-,17+,19-/m1/s1. The normalized spacial score (nSPS) is 23.3. The van der Waals surface area contributed by atoms with Crippen LogP contribution < -0.4 is 0 Å². The van der Waals surface area contributed by atoms with Crippen molar-refractivity contribution >= 4 is 34.5 Å². The van der Waals surface area contributed by atoms with E-state index in [2.05, 4.69) is 15.0 Å². The maximum Gasteiger partial charge on any atom is 0.411 e. The molecule has 2 amide bonds. The van der Waals surface area contributed by atoms with Crippen LogP contribution in [0.1, 0.15) is 44.7 Å². The van der Waals surface area contributed by atoms with Gasteiger partial charge in [0.25, 0.3) is 0 Å². The van der Waals surface area contributed by atoms with E-state index in [9.17, 15) is 14.4 Å². The highest BCUT2D eigenvalue weighted by molar-refractivity contribution is 5.98. The number of ether oxygens (including phenoxy) is 2. The number of hydrogen-bond acceptors (Lipinski definition) is 7. The molecule has 3 atom stereocenters. The molecule has 36 heavy (non-hydrogen) atoms. The van der Waals surface area contributed by atoms with E-state index in [0.717, 1.165) is 11.0 Å². The Morgan fingerprint density at radius 1 is 1.17 bits per heavy atom. The number of carbonyl (C=O) groups is 3. The Bertz CT molecular complexity index is 1310. The van der Waals surface area contributed by atoms with Gasteiger partial charge in [-0.2, -0.15) is 0 Å². The Morgan fingerprint density at radius 2 is 1.94 bits per heavy atom. The minimum atomic E-state index is -0.782. The van der Waals surface area contributed by atoms with Crippen LogP contribution in [-0.2, 0) is 14.3 Å². The number of nitrogens with zero attached hydrogens (tertiary/aromatic N) is 5. The highest BCUT2D eigenvalue weighted by atomic mass is 16.6. The summed E-state index contributed by atoms with van der Waals surface area (Å²) in [6, 6.07) is 1.08. The molecule has 11 nitrogen and oxygen atoms in total. The van der Waals surface area contributed by atoms with Crippen molar-refractivity contribution < 1.29 is 23.9 Å². The monoisotopic (exact) mass is 496 g/mol. The number of rotatable bonds is 3. The number of carbonyl (C=O) groups excluding carboxylic acids is 3. The number of likely N-dealkylation sites (tertiary alicyclic amines) is 1. The first-order chi connectivity index (χ1) is 17.1. The number of aromatic nitrogens is 4. The number of aromatic amines is 1. The second-order valence-electron chi connectivity index (χ2n) is 10.6. The van der Waals surface area contributed by atoms with Gasteiger partial charge in [-0.1, -0.05) is 6.92 Å². The fraction of sp³-hybridized carbons (Fsp3) is 0.560. The maximum absolute atomic E-state index is 13.8. The number of H-pyrrole nitrogens is 1. The Balaban J connectivity index is 1.37. The first-order valence-electron chi connectivity index (χ1n) is 12.3. The minimum absolute atomic E-state index is 0.0713. The number of piperidine rings is 1. The summed E-state index contributed by atoms with van der Waals surface area (Å²) in [4.78, 5) is 55.2. The Morgan fingerprint density at radius 3 is 2.72 bits per heavy atom. The first-order valence-corrected chi connectivity index (χ1v) is 12.3. The number of morpholine rings is 1. The van der Waals surface area contributed by atoms with Crippen molar-refractivity contribution in [3.05, 3.63) is 30.5 Å². The SMILES string of the molecule is C[C@@H]1CCN(C(=O)[C@H]2COCCN2C(=O)OC(C)(C)C)C[C@@H]1C(=O)c1ncc2cnc3[nH]ccc3n12. The van der Waals surface area contributed by atoms with Gasteiger partial charge < -0.3 is 19.4 Å². The fourth-order valence-corrected chi connectivity index (χ4v) is 4.98. The third-order valence-corrected chi connectivity index (χ3v) is 6.93. The van der Waals surface area contributed by atoms with E-state index < -0.39 is 23.7 Å². The van der Waals surface area contributed by atoms with Crippen molar-refractivity contribution in [2.75, 3.05) is 32.8 Å². The van der Waals surface area contributed by atoms with Crippen molar-refractivity contribution in [3.8, 4) is 0 Å². The van der Waals surface area contributed by atoms with Gasteiger partial charge in [-0.15, -0.1) is 0 Å². The fourth-order valence-electron chi connectivity index (χ4n) is 4.98. The molecule has 11 heteroatoms. The second-order valence-corrected chi connectivity index (χ2v) is 10.6. The third kappa shape index (κ3) is 4.43. The molecule has 2 saturated heterocycles. The van der Waals surface area contributed by atoms with E-state index in [1.807, 2.05) is 17.4 Å². The molecule has 5 heterocycles. The van der Waals surface area contributed by atoms with Crippen molar-refractivity contribution in [1.29, 1.82) is 0 Å². The molecule has 2 aliphatic rings. The highest BCUT2D eigenvalue weighted by Crippen LogP contribution is 2.29. The van der Waals surface area contributed by atoms with Crippen molar-refractivity contribution in [3.63, 3.8) is 0 Å². The van der Waals surface area contributed by atoms with E-state index in [1.165, 1.54) is 4.90 Å². The maximum atomic E-state index is 13.8. The van der Waals surface area contributed by atoms with Crippen LogP contribution in [0, 0.1) is 11.8 Å². The second kappa shape index (κ2) is 9.20. The van der Waals surface area contributed by atoms with Crippen LogP contribution in [0.15, 0.2) is 24.7 Å². The van der Waals surface area contributed by atoms with Gasteiger partial charge in [0.1, 0.15) is 11.6 Å². The smallest absolute Gasteiger partial charge is 0.411 e. The summed E-state index contributed by atoms with van der Waals surface area (Å²) in [6.45, 7) is 8.90. The van der Waals surface area contributed by atoms with Gasteiger partial charge >= 0.3 is 6.09 Å². The topological polar surface area (TPSA) is 122 Å². The van der Waals surface area contributed by atoms with E-state index in [-0.39, 0.29) is 37.3 Å². The molecule has 5 rings (SSSR count). The molecule has 1 N–H and O–H groups in total. The van der Waals surface area contributed by atoms with Gasteiger partial charge in [-0.05, 0) is 39.2 Å². The number of fused-ring (bicyclic) bond motifs is 3. The lowest BCUT2D eigenvalue weighted by molar-refractivity contribution is -0.144. The van der Waals surface area contributed by atoms with Crippen molar-refractivity contribution in [2.45, 2.75) is 45.8 Å². The minimum Gasteiger partial charge on any atom is -0.444 e. The van der Waals surface area contributed by atoms with Gasteiger partial charge in [0.05, 0.1) is 36.6 Å². The predicted octanol–water partition coefficient (Wildman–Crippen LogP) is 2.51. The number of hydrogen-bond donors (Lipinski definition) is 1. The number of ketones is 1. The zero-order chi connectivity index (χ0) is 25.6. The quantitative estimate of drug-likeness (QED) is 0.553. The lowest BCUT2D eigenvalue weighted by Gasteiger charge is -2.41. The van der Waals surface area contributed by atoms with Gasteiger partial charge in [-0.25, -0.2) is 14.8 Å². The largest absolute Gasteiger partial charge is 0.444 e. The van der Waals surface area contributed by atoms with Gasteiger partial charge in [0.15, 0.2) is 11.5 Å². The van der Waals surface area contributed by atoms with Crippen LogP contribution in [0.3, 0.4) is 0 Å². The van der Waals surface area contributed by atoms with Gasteiger partial charge in [0, 0.05) is 31.7 Å². The summed E-state index contributed by atoms with van der Waals surface area (Å²) in [5.74, 6) is -0.357. The van der Waals surface area contributed by atoms with Crippen LogP contribution in [0.2, 0.25) is 0 Å². The molecule has 0 bridgehead atoms. The summed E-state index contributed by atoms with van der Waals surface area (Å²) in [6.07, 6.45) is 5.23. The average Bonchev–Trinajstić information content (AvgIpc) is 3.49. The molecule has 0 spiro atoms. The molecular weight excluding hydrogens is 464 g/mol. The molecule has 0 saturated carbocycles. The van der Waals surface area contributed by atoms with Crippen LogP contribution in [0.4, 0.5) is 4.79 Å².